The molecule has 0 saturated heterocycles. The first-order chi connectivity index (χ1) is 7.79. The van der Waals surface area contributed by atoms with Gasteiger partial charge in [-0.25, -0.2) is 4.68 Å². The molecule has 2 aromatic rings. The van der Waals surface area contributed by atoms with Crippen molar-refractivity contribution in [1.82, 2.24) is 9.78 Å². The first-order valence-corrected chi connectivity index (χ1v) is 5.68. The fourth-order valence-electron chi connectivity index (χ4n) is 1.54. The monoisotopic (exact) mass is 235 g/mol. The van der Waals surface area contributed by atoms with Gasteiger partial charge in [-0.1, -0.05) is 17.7 Å². The van der Waals surface area contributed by atoms with Crippen molar-refractivity contribution in [3.05, 3.63) is 47.2 Å². The number of hydrogen-bond donors (Lipinski definition) is 1. The summed E-state index contributed by atoms with van der Waals surface area (Å²) in [5.74, 6) is 0. The summed E-state index contributed by atoms with van der Waals surface area (Å²) in [4.78, 5) is 0. The van der Waals surface area contributed by atoms with Gasteiger partial charge in [0.25, 0.3) is 0 Å². The van der Waals surface area contributed by atoms with Crippen LogP contribution in [0, 0.1) is 0 Å². The van der Waals surface area contributed by atoms with E-state index in [1.54, 1.807) is 0 Å². The molecule has 2 rings (SSSR count). The quantitative estimate of drug-likeness (QED) is 0.885. The zero-order valence-electron chi connectivity index (χ0n) is 8.94. The van der Waals surface area contributed by atoms with Crippen LogP contribution in [0.15, 0.2) is 36.5 Å². The molecule has 0 fully saturated rings. The van der Waals surface area contributed by atoms with E-state index < -0.39 is 0 Å². The van der Waals surface area contributed by atoms with Crippen molar-refractivity contribution >= 4 is 11.6 Å². The predicted octanol–water partition coefficient (Wildman–Crippen LogP) is 2.42. The van der Waals surface area contributed by atoms with Gasteiger partial charge in [-0.2, -0.15) is 5.10 Å². The zero-order valence-corrected chi connectivity index (χ0v) is 9.69. The summed E-state index contributed by atoms with van der Waals surface area (Å²) < 4.78 is 1.83. The second-order valence-electron chi connectivity index (χ2n) is 3.62. The van der Waals surface area contributed by atoms with E-state index in [1.807, 2.05) is 41.2 Å². The van der Waals surface area contributed by atoms with Gasteiger partial charge in [-0.3, -0.25) is 0 Å². The fourth-order valence-corrected chi connectivity index (χ4v) is 1.73. The molecule has 84 valence electrons. The molecule has 1 aromatic carbocycles. The third-order valence-corrected chi connectivity index (χ3v) is 2.59. The smallest absolute Gasteiger partial charge is 0.0660 e. The van der Waals surface area contributed by atoms with E-state index in [4.69, 9.17) is 17.3 Å². The van der Waals surface area contributed by atoms with Crippen LogP contribution >= 0.6 is 11.6 Å². The number of benzene rings is 1. The lowest BCUT2D eigenvalue weighted by molar-refractivity contribution is 0.775. The maximum absolute atomic E-state index is 5.93. The first kappa shape index (κ1) is 11.2. The summed E-state index contributed by atoms with van der Waals surface area (Å²) in [6.07, 6.45) is 3.83. The second kappa shape index (κ2) is 5.14. The molecule has 0 aliphatic rings. The Morgan fingerprint density at radius 3 is 2.94 bits per heavy atom. The highest BCUT2D eigenvalue weighted by Gasteiger charge is 2.01. The van der Waals surface area contributed by atoms with E-state index in [1.165, 1.54) is 0 Å². The van der Waals surface area contributed by atoms with Crippen molar-refractivity contribution in [2.24, 2.45) is 5.73 Å². The molecule has 1 aromatic heterocycles. The molecular weight excluding hydrogens is 222 g/mol. The number of rotatable bonds is 4. The van der Waals surface area contributed by atoms with Gasteiger partial charge in [-0.05, 0) is 43.7 Å². The summed E-state index contributed by atoms with van der Waals surface area (Å²) in [5.41, 5.74) is 7.50. The van der Waals surface area contributed by atoms with Gasteiger partial charge in [0.05, 0.1) is 11.4 Å². The maximum atomic E-state index is 5.93. The SMILES string of the molecule is NCCCc1ccn(-c2cccc(Cl)c2)n1. The minimum absolute atomic E-state index is 0.698. The lowest BCUT2D eigenvalue weighted by Crippen LogP contribution is -2.01. The second-order valence-corrected chi connectivity index (χ2v) is 4.06. The summed E-state index contributed by atoms with van der Waals surface area (Å²) in [6.45, 7) is 0.698. The number of aryl methyl sites for hydroxylation is 1. The van der Waals surface area contributed by atoms with E-state index in [9.17, 15) is 0 Å². The number of hydrogen-bond acceptors (Lipinski definition) is 2. The molecule has 0 unspecified atom stereocenters. The molecule has 16 heavy (non-hydrogen) atoms. The van der Waals surface area contributed by atoms with Crippen LogP contribution in [0.1, 0.15) is 12.1 Å². The van der Waals surface area contributed by atoms with Crippen molar-refractivity contribution in [1.29, 1.82) is 0 Å². The standard InChI is InChI=1S/C12H14ClN3/c13-10-3-1-5-12(9-10)16-8-6-11(15-16)4-2-7-14/h1,3,5-6,8-9H,2,4,7,14H2. The van der Waals surface area contributed by atoms with Crippen molar-refractivity contribution < 1.29 is 0 Å². The van der Waals surface area contributed by atoms with E-state index in [2.05, 4.69) is 5.10 Å². The van der Waals surface area contributed by atoms with Gasteiger partial charge in [-0.15, -0.1) is 0 Å². The van der Waals surface area contributed by atoms with Crippen LogP contribution in [-0.4, -0.2) is 16.3 Å². The van der Waals surface area contributed by atoms with Gasteiger partial charge in [0.15, 0.2) is 0 Å². The van der Waals surface area contributed by atoms with Crippen LogP contribution < -0.4 is 5.73 Å². The van der Waals surface area contributed by atoms with Gasteiger partial charge >= 0.3 is 0 Å². The number of nitrogens with zero attached hydrogens (tertiary/aromatic N) is 2. The third kappa shape index (κ3) is 2.62. The van der Waals surface area contributed by atoms with Crippen LogP contribution in [0.3, 0.4) is 0 Å². The lowest BCUT2D eigenvalue weighted by Gasteiger charge is -2.01. The minimum Gasteiger partial charge on any atom is -0.330 e. The van der Waals surface area contributed by atoms with Crippen LogP contribution in [0.25, 0.3) is 5.69 Å². The fraction of sp³-hybridized carbons (Fsp3) is 0.250. The van der Waals surface area contributed by atoms with Gasteiger partial charge in [0, 0.05) is 11.2 Å². The van der Waals surface area contributed by atoms with Crippen LogP contribution in [0.4, 0.5) is 0 Å². The molecule has 0 amide bonds. The largest absolute Gasteiger partial charge is 0.330 e. The molecule has 0 spiro atoms. The molecule has 1 heterocycles. The summed E-state index contributed by atoms with van der Waals surface area (Å²) in [7, 11) is 0. The summed E-state index contributed by atoms with van der Waals surface area (Å²) >= 11 is 5.93. The molecule has 0 bridgehead atoms. The van der Waals surface area contributed by atoms with Gasteiger partial charge in [0.2, 0.25) is 0 Å². The lowest BCUT2D eigenvalue weighted by atomic mass is 10.2. The highest BCUT2D eigenvalue weighted by atomic mass is 35.5. The highest BCUT2D eigenvalue weighted by Crippen LogP contribution is 2.14. The van der Waals surface area contributed by atoms with Crippen molar-refractivity contribution in [3.63, 3.8) is 0 Å². The average Bonchev–Trinajstić information content (AvgIpc) is 2.75. The van der Waals surface area contributed by atoms with Gasteiger partial charge in [0.1, 0.15) is 0 Å². The number of aromatic nitrogens is 2. The van der Waals surface area contributed by atoms with E-state index in [0.29, 0.717) is 6.54 Å². The Hall–Kier alpha value is -1.32. The Labute approximate surface area is 99.8 Å². The zero-order chi connectivity index (χ0) is 11.4. The van der Waals surface area contributed by atoms with Crippen molar-refractivity contribution in [2.45, 2.75) is 12.8 Å². The molecule has 2 N–H and O–H groups in total. The third-order valence-electron chi connectivity index (χ3n) is 2.35. The van der Waals surface area contributed by atoms with E-state index in [0.717, 1.165) is 29.2 Å². The Kier molecular flexibility index (Phi) is 3.59. The van der Waals surface area contributed by atoms with E-state index in [-0.39, 0.29) is 0 Å². The van der Waals surface area contributed by atoms with E-state index >= 15 is 0 Å². The number of nitrogens with two attached hydrogens (primary N) is 1. The number of halogens is 1. The summed E-state index contributed by atoms with van der Waals surface area (Å²) in [5, 5.41) is 5.18. The Morgan fingerprint density at radius 2 is 2.19 bits per heavy atom. The molecule has 0 saturated carbocycles. The first-order valence-electron chi connectivity index (χ1n) is 5.30. The Balaban J connectivity index is 2.18. The molecular formula is C12H14ClN3. The maximum Gasteiger partial charge on any atom is 0.0660 e. The molecule has 0 radical (unpaired) electrons. The van der Waals surface area contributed by atoms with Crippen molar-refractivity contribution in [3.8, 4) is 5.69 Å². The molecule has 0 aliphatic heterocycles. The van der Waals surface area contributed by atoms with Gasteiger partial charge < -0.3 is 5.73 Å². The molecule has 0 atom stereocenters. The Morgan fingerprint density at radius 1 is 1.31 bits per heavy atom. The van der Waals surface area contributed by atoms with Crippen LogP contribution in [0.5, 0.6) is 0 Å². The average molecular weight is 236 g/mol. The predicted molar refractivity (Wildman–Crippen MR) is 65.9 cm³/mol. The molecule has 3 nitrogen and oxygen atoms in total. The van der Waals surface area contributed by atoms with Crippen molar-refractivity contribution in [2.75, 3.05) is 6.54 Å². The minimum atomic E-state index is 0.698. The van der Waals surface area contributed by atoms with Crippen LogP contribution in [-0.2, 0) is 6.42 Å². The Bertz CT molecular complexity index is 465. The van der Waals surface area contributed by atoms with Crippen LogP contribution in [0.2, 0.25) is 5.02 Å². The highest BCUT2D eigenvalue weighted by molar-refractivity contribution is 6.30. The summed E-state index contributed by atoms with van der Waals surface area (Å²) in [6, 6.07) is 9.65. The molecule has 4 heteroatoms. The molecule has 0 aliphatic carbocycles. The topological polar surface area (TPSA) is 43.8 Å². The normalized spacial score (nSPS) is 10.6.